The average Bonchev–Trinajstić information content (AvgIpc) is 2.16. The Morgan fingerprint density at radius 3 is 2.56 bits per heavy atom. The fraction of sp³-hybridized carbons (Fsp3) is 0.222. The quantitative estimate of drug-likeness (QED) is 0.378. The molecule has 0 bridgehead atoms. The van der Waals surface area contributed by atoms with Gasteiger partial charge in [0, 0.05) is 11.6 Å². The Labute approximate surface area is 97.3 Å². The minimum absolute atomic E-state index is 0. The summed E-state index contributed by atoms with van der Waals surface area (Å²) in [4.78, 5) is 9.62. The first-order valence-corrected chi connectivity index (χ1v) is 4.04. The van der Waals surface area contributed by atoms with E-state index in [1.165, 1.54) is 7.11 Å². The molecule has 1 N–H and O–H groups in total. The molecule has 0 unspecified atom stereocenters. The average molecular weight is 249 g/mol. The molecule has 88 valence electrons. The van der Waals surface area contributed by atoms with Gasteiger partial charge >= 0.3 is 5.69 Å². The maximum atomic E-state index is 13.1. The lowest BCUT2D eigenvalue weighted by Gasteiger charge is -2.06. The number of benzene rings is 1. The highest BCUT2D eigenvalue weighted by atomic mass is 35.5. The van der Waals surface area contributed by atoms with Gasteiger partial charge in [-0.15, -0.1) is 12.4 Å². The van der Waals surface area contributed by atoms with E-state index in [2.05, 4.69) is 4.74 Å². The number of nitrogens with one attached hydrogen (secondary N) is 1. The molecule has 0 aliphatic carbocycles. The molecule has 0 spiro atoms. The van der Waals surface area contributed by atoms with Gasteiger partial charge in [-0.3, -0.25) is 15.5 Å². The van der Waals surface area contributed by atoms with Gasteiger partial charge in [-0.2, -0.15) is 4.39 Å². The topological polar surface area (TPSA) is 76.2 Å². The summed E-state index contributed by atoms with van der Waals surface area (Å²) >= 11 is 0. The van der Waals surface area contributed by atoms with Crippen LogP contribution < -0.4 is 0 Å². The zero-order valence-corrected chi connectivity index (χ0v) is 9.43. The number of hydrogen-bond donors (Lipinski definition) is 1. The molecule has 1 rings (SSSR count). The number of hydrogen-bond acceptors (Lipinski definition) is 4. The van der Waals surface area contributed by atoms with Crippen LogP contribution in [0.15, 0.2) is 12.1 Å². The van der Waals surface area contributed by atoms with Crippen molar-refractivity contribution < 1.29 is 14.1 Å². The molecule has 0 atom stereocenters. The van der Waals surface area contributed by atoms with Crippen molar-refractivity contribution in [2.45, 2.75) is 6.92 Å². The molecule has 1 aromatic rings. The highest BCUT2D eigenvalue weighted by molar-refractivity contribution is 5.93. The highest BCUT2D eigenvalue weighted by Crippen LogP contribution is 2.22. The largest absolute Gasteiger partial charge is 0.481 e. The molecule has 0 radical (unpaired) electrons. The van der Waals surface area contributed by atoms with Crippen LogP contribution in [0.4, 0.5) is 10.1 Å². The fourth-order valence-corrected chi connectivity index (χ4v) is 1.16. The van der Waals surface area contributed by atoms with Gasteiger partial charge < -0.3 is 4.74 Å². The molecule has 5 nitrogen and oxygen atoms in total. The van der Waals surface area contributed by atoms with Crippen molar-refractivity contribution in [3.63, 3.8) is 0 Å². The van der Waals surface area contributed by atoms with Crippen molar-refractivity contribution in [2.75, 3.05) is 7.11 Å². The van der Waals surface area contributed by atoms with Crippen molar-refractivity contribution in [3.05, 3.63) is 39.2 Å². The molecule has 0 heterocycles. The van der Waals surface area contributed by atoms with Crippen LogP contribution in [0.1, 0.15) is 11.1 Å². The van der Waals surface area contributed by atoms with E-state index in [0.29, 0.717) is 5.56 Å². The van der Waals surface area contributed by atoms with Crippen LogP contribution in [0.5, 0.6) is 0 Å². The van der Waals surface area contributed by atoms with E-state index in [1.807, 2.05) is 0 Å². The molecular weight excluding hydrogens is 239 g/mol. The number of methoxy groups -OCH3 is 1. The number of rotatable bonds is 2. The Morgan fingerprint density at radius 2 is 2.12 bits per heavy atom. The Hall–Kier alpha value is -1.69. The standard InChI is InChI=1S/C9H9FN2O3.ClH/c1-5-3-7(10)8(12(13)14)4-6(5)9(11)15-2;/h3-4,11H,1-2H3;1H. The Morgan fingerprint density at radius 1 is 1.56 bits per heavy atom. The zero-order chi connectivity index (χ0) is 11.6. The van der Waals surface area contributed by atoms with E-state index in [0.717, 1.165) is 12.1 Å². The maximum absolute atomic E-state index is 13.1. The van der Waals surface area contributed by atoms with Crippen LogP contribution in [-0.2, 0) is 4.74 Å². The fourth-order valence-electron chi connectivity index (χ4n) is 1.16. The van der Waals surface area contributed by atoms with Crippen LogP contribution in [0.3, 0.4) is 0 Å². The molecule has 0 saturated heterocycles. The SMILES string of the molecule is COC(=N)c1cc([N+](=O)[O-])c(F)cc1C.Cl. The van der Waals surface area contributed by atoms with Gasteiger partial charge in [0.25, 0.3) is 0 Å². The van der Waals surface area contributed by atoms with E-state index in [1.54, 1.807) is 6.92 Å². The molecule has 16 heavy (non-hydrogen) atoms. The predicted molar refractivity (Wildman–Crippen MR) is 58.9 cm³/mol. The summed E-state index contributed by atoms with van der Waals surface area (Å²) in [6.07, 6.45) is 0. The second-order valence-electron chi connectivity index (χ2n) is 2.91. The van der Waals surface area contributed by atoms with Crippen molar-refractivity contribution in [2.24, 2.45) is 0 Å². The smallest absolute Gasteiger partial charge is 0.305 e. The summed E-state index contributed by atoms with van der Waals surface area (Å²) in [5, 5.41) is 17.8. The number of ether oxygens (including phenoxy) is 1. The summed E-state index contributed by atoms with van der Waals surface area (Å²) in [7, 11) is 1.27. The molecule has 1 aromatic carbocycles. The zero-order valence-electron chi connectivity index (χ0n) is 8.61. The lowest BCUT2D eigenvalue weighted by atomic mass is 10.1. The van der Waals surface area contributed by atoms with Crippen molar-refractivity contribution >= 4 is 24.0 Å². The van der Waals surface area contributed by atoms with E-state index in [-0.39, 0.29) is 23.9 Å². The van der Waals surface area contributed by atoms with Gasteiger partial charge in [0.15, 0.2) is 0 Å². The van der Waals surface area contributed by atoms with E-state index < -0.39 is 16.4 Å². The normalized spacial score (nSPS) is 9.19. The molecule has 0 aromatic heterocycles. The van der Waals surface area contributed by atoms with Gasteiger partial charge in [-0.05, 0) is 18.6 Å². The lowest BCUT2D eigenvalue weighted by Crippen LogP contribution is -2.06. The van der Waals surface area contributed by atoms with Crippen LogP contribution in [0, 0.1) is 28.3 Å². The monoisotopic (exact) mass is 248 g/mol. The van der Waals surface area contributed by atoms with E-state index in [9.17, 15) is 14.5 Å². The number of nitro groups is 1. The molecule has 0 fully saturated rings. The minimum Gasteiger partial charge on any atom is -0.481 e. The highest BCUT2D eigenvalue weighted by Gasteiger charge is 2.18. The third kappa shape index (κ3) is 2.66. The maximum Gasteiger partial charge on any atom is 0.305 e. The number of aryl methyl sites for hydroxylation is 1. The first-order valence-electron chi connectivity index (χ1n) is 4.04. The van der Waals surface area contributed by atoms with Gasteiger partial charge in [0.05, 0.1) is 12.0 Å². The first-order chi connectivity index (χ1) is 6.97. The molecular formula is C9H10ClFN2O3. The summed E-state index contributed by atoms with van der Waals surface area (Å²) in [6, 6.07) is 2.01. The second kappa shape index (κ2) is 5.41. The van der Waals surface area contributed by atoms with E-state index >= 15 is 0 Å². The van der Waals surface area contributed by atoms with Crippen LogP contribution in [-0.4, -0.2) is 17.9 Å². The summed E-state index contributed by atoms with van der Waals surface area (Å²) < 4.78 is 17.7. The first kappa shape index (κ1) is 14.3. The number of nitro benzene ring substituents is 1. The van der Waals surface area contributed by atoms with Crippen LogP contribution in [0.2, 0.25) is 0 Å². The molecule has 0 aliphatic heterocycles. The van der Waals surface area contributed by atoms with Crippen molar-refractivity contribution in [3.8, 4) is 0 Å². The minimum atomic E-state index is -0.912. The van der Waals surface area contributed by atoms with Crippen LogP contribution in [0.25, 0.3) is 0 Å². The van der Waals surface area contributed by atoms with E-state index in [4.69, 9.17) is 5.41 Å². The Balaban J connectivity index is 0.00000225. The van der Waals surface area contributed by atoms with Crippen molar-refractivity contribution in [1.29, 1.82) is 5.41 Å². The van der Waals surface area contributed by atoms with Gasteiger partial charge in [0.1, 0.15) is 0 Å². The summed E-state index contributed by atoms with van der Waals surface area (Å²) in [6.45, 7) is 1.55. The molecule has 7 heteroatoms. The van der Waals surface area contributed by atoms with Gasteiger partial charge in [-0.1, -0.05) is 0 Å². The summed E-state index contributed by atoms with van der Waals surface area (Å²) in [5.74, 6) is -1.14. The second-order valence-corrected chi connectivity index (χ2v) is 2.91. The Kier molecular flexibility index (Phi) is 4.84. The van der Waals surface area contributed by atoms with Gasteiger partial charge in [0.2, 0.25) is 11.7 Å². The molecule has 0 saturated carbocycles. The Bertz CT molecular complexity index is 437. The number of nitrogens with zero attached hydrogens (tertiary/aromatic N) is 1. The predicted octanol–water partition coefficient (Wildman–Crippen LogP) is 2.44. The van der Waals surface area contributed by atoms with Gasteiger partial charge in [-0.25, -0.2) is 0 Å². The number of halogens is 2. The van der Waals surface area contributed by atoms with Crippen LogP contribution >= 0.6 is 12.4 Å². The lowest BCUT2D eigenvalue weighted by molar-refractivity contribution is -0.387. The summed E-state index contributed by atoms with van der Waals surface area (Å²) in [5.41, 5.74) is -0.0204. The third-order valence-corrected chi connectivity index (χ3v) is 1.94. The van der Waals surface area contributed by atoms with Crippen molar-refractivity contribution in [1.82, 2.24) is 0 Å². The third-order valence-electron chi connectivity index (χ3n) is 1.94. The molecule has 0 amide bonds. The molecule has 0 aliphatic rings.